The number of benzene rings is 2. The van der Waals surface area contributed by atoms with E-state index in [1.165, 1.54) is 18.2 Å². The molecule has 1 aromatic heterocycles. The monoisotopic (exact) mass is 449 g/mol. The first-order valence-electron chi connectivity index (χ1n) is 10.7. The zero-order valence-electron chi connectivity index (χ0n) is 17.8. The Hall–Kier alpha value is -3.09. The van der Waals surface area contributed by atoms with E-state index in [4.69, 9.17) is 16.3 Å². The molecule has 2 aromatic carbocycles. The molecule has 3 heterocycles. The number of H-pyrrole nitrogens is 1. The van der Waals surface area contributed by atoms with Crippen LogP contribution in [-0.4, -0.2) is 48.0 Å². The maximum atomic E-state index is 13.3. The number of amides is 1. The molecule has 0 spiro atoms. The minimum atomic E-state index is -0.436. The number of carbonyl (C=O) groups excluding carboxylic acids is 2. The van der Waals surface area contributed by atoms with Crippen LogP contribution in [0.25, 0.3) is 16.5 Å². The van der Waals surface area contributed by atoms with E-state index < -0.39 is 5.97 Å². The fourth-order valence-electron chi connectivity index (χ4n) is 4.59. The molecule has 0 radical (unpaired) electrons. The number of fused-ring (bicyclic) bond motifs is 2. The van der Waals surface area contributed by atoms with Gasteiger partial charge in [0.05, 0.1) is 18.2 Å². The number of rotatable bonds is 3. The van der Waals surface area contributed by atoms with Crippen molar-refractivity contribution in [2.75, 3.05) is 20.2 Å². The van der Waals surface area contributed by atoms with Gasteiger partial charge in [-0.2, -0.15) is 0 Å². The number of esters is 1. The summed E-state index contributed by atoms with van der Waals surface area (Å²) in [4.78, 5) is 30.2. The largest absolute Gasteiger partial charge is 0.464 e. The fraction of sp³-hybridized carbons (Fsp3) is 0.280. The van der Waals surface area contributed by atoms with Crippen LogP contribution in [0.5, 0.6) is 0 Å². The average Bonchev–Trinajstić information content (AvgIpc) is 3.28. The Morgan fingerprint density at radius 3 is 2.78 bits per heavy atom. The minimum absolute atomic E-state index is 0.130. The molecule has 2 N–H and O–H groups in total. The third kappa shape index (κ3) is 3.80. The van der Waals surface area contributed by atoms with Gasteiger partial charge in [-0.05, 0) is 53.3 Å². The number of carbonyl (C=O) groups is 2. The predicted octanol–water partition coefficient (Wildman–Crippen LogP) is 3.94. The van der Waals surface area contributed by atoms with Crippen molar-refractivity contribution in [1.29, 1.82) is 0 Å². The highest BCUT2D eigenvalue weighted by Gasteiger charge is 2.29. The van der Waals surface area contributed by atoms with Crippen LogP contribution in [-0.2, 0) is 22.5 Å². The first-order chi connectivity index (χ1) is 15.5. The second-order valence-corrected chi connectivity index (χ2v) is 8.69. The van der Waals surface area contributed by atoms with Gasteiger partial charge < -0.3 is 19.9 Å². The van der Waals surface area contributed by atoms with Gasteiger partial charge in [0.25, 0.3) is 0 Å². The SMILES string of the molecule is COC(=O)c1cc2c(Cl)cc(C3=CCCN(C(=O)C4Cc5ccccc5CN4)C3)cc2[nH]1. The highest BCUT2D eigenvalue weighted by Crippen LogP contribution is 2.31. The van der Waals surface area contributed by atoms with E-state index in [-0.39, 0.29) is 11.9 Å². The molecule has 0 bridgehead atoms. The highest BCUT2D eigenvalue weighted by molar-refractivity contribution is 6.35. The maximum absolute atomic E-state index is 13.3. The number of aromatic amines is 1. The molecule has 5 rings (SSSR count). The number of ether oxygens (including phenoxy) is 1. The lowest BCUT2D eigenvalue weighted by atomic mass is 9.94. The van der Waals surface area contributed by atoms with Gasteiger partial charge in [-0.1, -0.05) is 41.9 Å². The van der Waals surface area contributed by atoms with Crippen LogP contribution in [0.1, 0.15) is 33.6 Å². The molecule has 164 valence electrons. The normalized spacial score (nSPS) is 18.2. The molecule has 1 atom stereocenters. The third-order valence-corrected chi connectivity index (χ3v) is 6.62. The molecule has 1 unspecified atom stereocenters. The Kier molecular flexibility index (Phi) is 5.49. The first-order valence-corrected chi connectivity index (χ1v) is 11.1. The second kappa shape index (κ2) is 8.45. The number of nitrogens with zero attached hydrogens (tertiary/aromatic N) is 1. The molecule has 2 aliphatic heterocycles. The Bertz CT molecular complexity index is 1250. The molecule has 6 nitrogen and oxygen atoms in total. The van der Waals surface area contributed by atoms with Crippen LogP contribution >= 0.6 is 11.6 Å². The van der Waals surface area contributed by atoms with Crippen molar-refractivity contribution in [1.82, 2.24) is 15.2 Å². The van der Waals surface area contributed by atoms with Gasteiger partial charge in [0.2, 0.25) is 5.91 Å². The Morgan fingerprint density at radius 2 is 1.97 bits per heavy atom. The number of aromatic nitrogens is 1. The number of methoxy groups -OCH3 is 1. The van der Waals surface area contributed by atoms with E-state index in [9.17, 15) is 9.59 Å². The molecule has 0 saturated carbocycles. The molecule has 0 fully saturated rings. The van der Waals surface area contributed by atoms with Crippen LogP contribution in [0, 0.1) is 0 Å². The van der Waals surface area contributed by atoms with E-state index in [1.54, 1.807) is 6.07 Å². The van der Waals surface area contributed by atoms with E-state index in [2.05, 4.69) is 28.5 Å². The van der Waals surface area contributed by atoms with Gasteiger partial charge in [-0.3, -0.25) is 4.79 Å². The molecular weight excluding hydrogens is 426 g/mol. The summed E-state index contributed by atoms with van der Waals surface area (Å²) in [5.74, 6) is -0.306. The van der Waals surface area contributed by atoms with Gasteiger partial charge >= 0.3 is 5.97 Å². The van der Waals surface area contributed by atoms with E-state index >= 15 is 0 Å². The lowest BCUT2D eigenvalue weighted by Crippen LogP contribution is -2.50. The molecule has 0 saturated heterocycles. The first kappa shape index (κ1) is 20.8. The van der Waals surface area contributed by atoms with Gasteiger partial charge in [0.15, 0.2) is 0 Å². The standard InChI is InChI=1S/C25H24ClN3O3/c1-32-25(31)23-12-19-20(26)9-18(11-21(19)28-23)17-7-4-8-29(14-17)24(30)22-10-15-5-2-3-6-16(15)13-27-22/h2-3,5-7,9,11-12,22,27-28H,4,8,10,13-14H2,1H3. The summed E-state index contributed by atoms with van der Waals surface area (Å²) in [6, 6.07) is 13.6. The number of halogens is 1. The van der Waals surface area contributed by atoms with Crippen molar-refractivity contribution in [2.24, 2.45) is 0 Å². The van der Waals surface area contributed by atoms with Crippen molar-refractivity contribution in [3.05, 3.63) is 75.9 Å². The Balaban J connectivity index is 1.36. The molecule has 1 amide bonds. The molecule has 7 heteroatoms. The summed E-state index contributed by atoms with van der Waals surface area (Å²) in [5.41, 5.74) is 5.63. The third-order valence-electron chi connectivity index (χ3n) is 6.31. The van der Waals surface area contributed by atoms with Crippen molar-refractivity contribution < 1.29 is 14.3 Å². The van der Waals surface area contributed by atoms with E-state index in [0.717, 1.165) is 28.5 Å². The second-order valence-electron chi connectivity index (χ2n) is 8.28. The smallest absolute Gasteiger partial charge is 0.354 e. The predicted molar refractivity (Wildman–Crippen MR) is 125 cm³/mol. The highest BCUT2D eigenvalue weighted by atomic mass is 35.5. The van der Waals surface area contributed by atoms with Gasteiger partial charge in [-0.15, -0.1) is 0 Å². The summed E-state index contributed by atoms with van der Waals surface area (Å²) >= 11 is 6.52. The van der Waals surface area contributed by atoms with Crippen LogP contribution < -0.4 is 5.32 Å². The van der Waals surface area contributed by atoms with Crippen molar-refractivity contribution in [2.45, 2.75) is 25.4 Å². The van der Waals surface area contributed by atoms with E-state index in [0.29, 0.717) is 36.8 Å². The number of nitrogens with one attached hydrogen (secondary N) is 2. The van der Waals surface area contributed by atoms with Crippen LogP contribution in [0.15, 0.2) is 48.5 Å². The van der Waals surface area contributed by atoms with Gasteiger partial charge in [-0.25, -0.2) is 4.79 Å². The van der Waals surface area contributed by atoms with Gasteiger partial charge in [0, 0.05) is 30.5 Å². The topological polar surface area (TPSA) is 74.4 Å². The summed E-state index contributed by atoms with van der Waals surface area (Å²) in [5, 5.41) is 4.72. The maximum Gasteiger partial charge on any atom is 0.354 e. The lowest BCUT2D eigenvalue weighted by Gasteiger charge is -2.33. The number of hydrogen-bond acceptors (Lipinski definition) is 4. The van der Waals surface area contributed by atoms with Crippen LogP contribution in [0.2, 0.25) is 5.02 Å². The van der Waals surface area contributed by atoms with Crippen molar-refractivity contribution >= 4 is 40.0 Å². The minimum Gasteiger partial charge on any atom is -0.464 e. The molecule has 0 aliphatic carbocycles. The quantitative estimate of drug-likeness (QED) is 0.594. The number of hydrogen-bond donors (Lipinski definition) is 2. The molecule has 3 aromatic rings. The zero-order valence-corrected chi connectivity index (χ0v) is 18.5. The van der Waals surface area contributed by atoms with Crippen molar-refractivity contribution in [3.63, 3.8) is 0 Å². The summed E-state index contributed by atoms with van der Waals surface area (Å²) in [6.45, 7) is 1.95. The zero-order chi connectivity index (χ0) is 22.2. The van der Waals surface area contributed by atoms with Crippen molar-refractivity contribution in [3.8, 4) is 0 Å². The van der Waals surface area contributed by atoms with E-state index in [1.807, 2.05) is 29.2 Å². The summed E-state index contributed by atoms with van der Waals surface area (Å²) in [6.07, 6.45) is 3.66. The average molecular weight is 450 g/mol. The fourth-order valence-corrected chi connectivity index (χ4v) is 4.86. The Morgan fingerprint density at radius 1 is 1.16 bits per heavy atom. The van der Waals surface area contributed by atoms with Crippen LogP contribution in [0.3, 0.4) is 0 Å². The molecule has 32 heavy (non-hydrogen) atoms. The lowest BCUT2D eigenvalue weighted by molar-refractivity contribution is -0.133. The van der Waals surface area contributed by atoms with Gasteiger partial charge in [0.1, 0.15) is 5.69 Å². The molecular formula is C25H24ClN3O3. The van der Waals surface area contributed by atoms with Crippen LogP contribution in [0.4, 0.5) is 0 Å². The Labute approximate surface area is 191 Å². The summed E-state index contributed by atoms with van der Waals surface area (Å²) < 4.78 is 4.80. The summed E-state index contributed by atoms with van der Waals surface area (Å²) in [7, 11) is 1.35. The molecule has 2 aliphatic rings.